The van der Waals surface area contributed by atoms with Gasteiger partial charge in [0.05, 0.1) is 24.3 Å². The molecule has 0 radical (unpaired) electrons. The number of fused-ring (bicyclic) bond motifs is 2. The van der Waals surface area contributed by atoms with Crippen LogP contribution in [0, 0.1) is 0 Å². The number of piperidine rings is 1. The van der Waals surface area contributed by atoms with Crippen molar-refractivity contribution >= 4 is 5.95 Å². The summed E-state index contributed by atoms with van der Waals surface area (Å²) in [5.74, 6) is 0.455. The molecule has 4 heterocycles. The third kappa shape index (κ3) is 3.19. The average molecular weight is 409 g/mol. The molecule has 0 spiro atoms. The Balaban J connectivity index is 1.37. The molecule has 2 aromatic heterocycles. The fourth-order valence-corrected chi connectivity index (χ4v) is 4.67. The van der Waals surface area contributed by atoms with Crippen LogP contribution in [0.1, 0.15) is 26.2 Å². The number of rotatable bonds is 4. The van der Waals surface area contributed by atoms with E-state index < -0.39 is 6.17 Å². The summed E-state index contributed by atoms with van der Waals surface area (Å²) >= 11 is 0. The van der Waals surface area contributed by atoms with E-state index in [1.54, 1.807) is 46.5 Å². The molecule has 2 aliphatic heterocycles. The number of nitrogens with zero attached hydrogens (tertiary/aromatic N) is 6. The van der Waals surface area contributed by atoms with Gasteiger partial charge >= 0.3 is 0 Å². The van der Waals surface area contributed by atoms with Crippen molar-refractivity contribution in [3.05, 3.63) is 43.1 Å². The number of aromatic nitrogens is 5. The SMILES string of the molecule is CN(c1ncc(-c2ccc(-n3ccnc3)cc2O)nn1)[C@H]1C[C@]2(C)CCC(N2)[C@@H]1F. The summed E-state index contributed by atoms with van der Waals surface area (Å²) in [5, 5.41) is 22.3. The molecule has 5 rings (SSSR count). The Morgan fingerprint density at radius 1 is 1.33 bits per heavy atom. The van der Waals surface area contributed by atoms with Crippen LogP contribution >= 0.6 is 0 Å². The lowest BCUT2D eigenvalue weighted by Crippen LogP contribution is -2.60. The van der Waals surface area contributed by atoms with Gasteiger partial charge in [-0.3, -0.25) is 0 Å². The van der Waals surface area contributed by atoms with Gasteiger partial charge in [-0.25, -0.2) is 14.4 Å². The van der Waals surface area contributed by atoms with Gasteiger partial charge in [-0.05, 0) is 38.3 Å². The summed E-state index contributed by atoms with van der Waals surface area (Å²) in [7, 11) is 1.82. The molecule has 2 bridgehead atoms. The van der Waals surface area contributed by atoms with Crippen LogP contribution in [0.15, 0.2) is 43.1 Å². The van der Waals surface area contributed by atoms with Crippen LogP contribution in [0.2, 0.25) is 0 Å². The minimum Gasteiger partial charge on any atom is -0.507 e. The van der Waals surface area contributed by atoms with Crippen molar-refractivity contribution in [2.75, 3.05) is 11.9 Å². The lowest BCUT2D eigenvalue weighted by molar-refractivity contribution is 0.143. The number of hydrogen-bond donors (Lipinski definition) is 2. The molecule has 2 saturated heterocycles. The number of anilines is 1. The van der Waals surface area contributed by atoms with Gasteiger partial charge in [0, 0.05) is 42.7 Å². The number of phenolic OH excluding ortho intramolecular Hbond substituents is 1. The first kappa shape index (κ1) is 18.9. The zero-order chi connectivity index (χ0) is 20.9. The zero-order valence-electron chi connectivity index (χ0n) is 16.9. The van der Waals surface area contributed by atoms with Crippen LogP contribution in [0.25, 0.3) is 16.9 Å². The summed E-state index contributed by atoms with van der Waals surface area (Å²) in [6.07, 6.45) is 8.25. The normalized spacial score (nSPS) is 27.9. The highest BCUT2D eigenvalue weighted by molar-refractivity contribution is 5.68. The Morgan fingerprint density at radius 2 is 2.20 bits per heavy atom. The number of phenols is 1. The second-order valence-corrected chi connectivity index (χ2v) is 8.49. The maximum atomic E-state index is 15.0. The van der Waals surface area contributed by atoms with Crippen molar-refractivity contribution in [1.29, 1.82) is 0 Å². The number of hydrogen-bond acceptors (Lipinski definition) is 7. The number of benzene rings is 1. The van der Waals surface area contributed by atoms with Crippen LogP contribution in [0.3, 0.4) is 0 Å². The third-order valence-corrected chi connectivity index (χ3v) is 6.37. The molecule has 156 valence electrons. The van der Waals surface area contributed by atoms with Gasteiger partial charge in [0.1, 0.15) is 17.6 Å². The molecule has 0 aliphatic carbocycles. The number of halogens is 1. The Labute approximate surface area is 173 Å². The third-order valence-electron chi connectivity index (χ3n) is 6.37. The van der Waals surface area contributed by atoms with Gasteiger partial charge in [0.15, 0.2) is 0 Å². The number of nitrogens with one attached hydrogen (secondary N) is 1. The summed E-state index contributed by atoms with van der Waals surface area (Å²) < 4.78 is 16.8. The summed E-state index contributed by atoms with van der Waals surface area (Å²) in [5.41, 5.74) is 1.73. The van der Waals surface area contributed by atoms with Crippen molar-refractivity contribution in [2.24, 2.45) is 0 Å². The number of aromatic hydroxyl groups is 1. The fourth-order valence-electron chi connectivity index (χ4n) is 4.67. The lowest BCUT2D eigenvalue weighted by atomic mass is 9.88. The van der Waals surface area contributed by atoms with E-state index in [2.05, 4.69) is 32.4 Å². The smallest absolute Gasteiger partial charge is 0.245 e. The van der Waals surface area contributed by atoms with E-state index in [1.807, 2.05) is 13.1 Å². The van der Waals surface area contributed by atoms with Crippen molar-refractivity contribution in [1.82, 2.24) is 30.0 Å². The predicted molar refractivity (Wildman–Crippen MR) is 110 cm³/mol. The van der Waals surface area contributed by atoms with Crippen molar-refractivity contribution in [3.8, 4) is 22.7 Å². The number of alkyl halides is 1. The highest BCUT2D eigenvalue weighted by Gasteiger charge is 2.49. The molecule has 8 nitrogen and oxygen atoms in total. The topological polar surface area (TPSA) is 92.0 Å². The van der Waals surface area contributed by atoms with Crippen molar-refractivity contribution < 1.29 is 9.50 Å². The molecule has 1 aromatic carbocycles. The quantitative estimate of drug-likeness (QED) is 0.684. The van der Waals surface area contributed by atoms with Gasteiger partial charge in [-0.1, -0.05) is 0 Å². The second-order valence-electron chi connectivity index (χ2n) is 8.49. The lowest BCUT2D eigenvalue weighted by Gasteiger charge is -2.42. The van der Waals surface area contributed by atoms with E-state index in [4.69, 9.17) is 0 Å². The van der Waals surface area contributed by atoms with Crippen molar-refractivity contribution in [2.45, 2.75) is 50.0 Å². The van der Waals surface area contributed by atoms with E-state index in [0.717, 1.165) is 18.5 Å². The first-order valence-electron chi connectivity index (χ1n) is 10.1. The van der Waals surface area contributed by atoms with Gasteiger partial charge in [-0.15, -0.1) is 10.2 Å². The fraction of sp³-hybridized carbons (Fsp3) is 0.429. The molecule has 30 heavy (non-hydrogen) atoms. The molecule has 9 heteroatoms. The summed E-state index contributed by atoms with van der Waals surface area (Å²) in [6.45, 7) is 2.15. The molecular weight excluding hydrogens is 385 g/mol. The average Bonchev–Trinajstić information content (AvgIpc) is 3.39. The summed E-state index contributed by atoms with van der Waals surface area (Å²) in [6, 6.07) is 4.85. The minimum absolute atomic E-state index is 0.0394. The van der Waals surface area contributed by atoms with E-state index in [9.17, 15) is 9.50 Å². The highest BCUT2D eigenvalue weighted by Crippen LogP contribution is 2.39. The molecule has 4 atom stereocenters. The van der Waals surface area contributed by atoms with Gasteiger partial charge in [0.2, 0.25) is 5.95 Å². The molecular formula is C21H24FN7O. The van der Waals surface area contributed by atoms with E-state index in [0.29, 0.717) is 23.6 Å². The molecule has 0 saturated carbocycles. The largest absolute Gasteiger partial charge is 0.507 e. The minimum atomic E-state index is -0.978. The predicted octanol–water partition coefficient (Wildman–Crippen LogP) is 2.49. The van der Waals surface area contributed by atoms with E-state index in [1.165, 1.54) is 0 Å². The van der Waals surface area contributed by atoms with Crippen LogP contribution in [-0.4, -0.2) is 60.7 Å². The standard InChI is InChI=1S/C21H24FN7O/c1-21-6-5-15(25-21)19(22)17(10-21)28(2)20-24-11-16(26-27-20)14-4-3-13(9-18(14)30)29-8-7-23-12-29/h3-4,7-9,11-12,15,17,19,25,30H,5-6,10H2,1-2H3/t15?,17-,19-,21-/m0/s1. The second kappa shape index (κ2) is 7.02. The number of imidazole rings is 1. The molecule has 2 N–H and O–H groups in total. The van der Waals surface area contributed by atoms with Crippen molar-refractivity contribution in [3.63, 3.8) is 0 Å². The Morgan fingerprint density at radius 3 is 2.90 bits per heavy atom. The highest BCUT2D eigenvalue weighted by atomic mass is 19.1. The first-order chi connectivity index (χ1) is 14.4. The maximum absolute atomic E-state index is 15.0. The van der Waals surface area contributed by atoms with Gasteiger partial charge in [0.25, 0.3) is 0 Å². The maximum Gasteiger partial charge on any atom is 0.245 e. The van der Waals surface area contributed by atoms with Crippen LogP contribution in [0.4, 0.5) is 10.3 Å². The van der Waals surface area contributed by atoms with Gasteiger partial charge in [-0.2, -0.15) is 0 Å². The van der Waals surface area contributed by atoms with E-state index in [-0.39, 0.29) is 23.4 Å². The van der Waals surface area contributed by atoms with E-state index >= 15 is 0 Å². The molecule has 2 aliphatic rings. The Kier molecular flexibility index (Phi) is 4.43. The molecule has 3 aromatic rings. The van der Waals surface area contributed by atoms with Crippen LogP contribution in [0.5, 0.6) is 5.75 Å². The van der Waals surface area contributed by atoms with Crippen LogP contribution in [-0.2, 0) is 0 Å². The monoisotopic (exact) mass is 409 g/mol. The molecule has 0 amide bonds. The Bertz CT molecular complexity index is 1040. The molecule has 2 fully saturated rings. The first-order valence-corrected chi connectivity index (χ1v) is 10.1. The Hall–Kier alpha value is -3.07. The summed E-state index contributed by atoms with van der Waals surface area (Å²) in [4.78, 5) is 10.2. The molecule has 1 unspecified atom stereocenters. The van der Waals surface area contributed by atoms with Gasteiger partial charge < -0.3 is 19.9 Å². The zero-order valence-corrected chi connectivity index (χ0v) is 16.9. The van der Waals surface area contributed by atoms with Crippen LogP contribution < -0.4 is 10.2 Å².